The van der Waals surface area contributed by atoms with Crippen LogP contribution in [0.4, 0.5) is 34.1 Å². The molecule has 3 aliphatic heterocycles. The third-order valence-corrected chi connectivity index (χ3v) is 10.5. The van der Waals surface area contributed by atoms with Crippen LogP contribution < -0.4 is 35.7 Å². The Morgan fingerprint density at radius 2 is 1.02 bits per heavy atom. The zero-order valence-corrected chi connectivity index (χ0v) is 29.6. The summed E-state index contributed by atoms with van der Waals surface area (Å²) in [6.45, 7) is 13.9. The van der Waals surface area contributed by atoms with Gasteiger partial charge in [0.15, 0.2) is 11.5 Å². The molecule has 3 heterocycles. The van der Waals surface area contributed by atoms with Crippen molar-refractivity contribution in [3.63, 3.8) is 0 Å². The van der Waals surface area contributed by atoms with Gasteiger partial charge in [0.25, 0.3) is 6.71 Å². The first-order chi connectivity index (χ1) is 24.1. The summed E-state index contributed by atoms with van der Waals surface area (Å²) in [6.07, 6.45) is 0. The van der Waals surface area contributed by atoms with Gasteiger partial charge in [0.1, 0.15) is 0 Å². The molecule has 9 rings (SSSR count). The molecule has 6 aromatic rings. The summed E-state index contributed by atoms with van der Waals surface area (Å²) >= 11 is 0. The predicted octanol–water partition coefficient (Wildman–Crippen LogP) is 9.76. The summed E-state index contributed by atoms with van der Waals surface area (Å²) < 4.78 is 12.1. The van der Waals surface area contributed by atoms with Gasteiger partial charge in [-0.2, -0.15) is 0 Å². The first kappa shape index (κ1) is 30.6. The van der Waals surface area contributed by atoms with Crippen LogP contribution in [0, 0.1) is 0 Å². The molecule has 0 aromatic heterocycles. The molecule has 0 bridgehead atoms. The average Bonchev–Trinajstić information content (AvgIpc) is 3.58. The molecular weight excluding hydrogens is 611 g/mol. The first-order valence-corrected chi connectivity index (χ1v) is 17.6. The first-order valence-electron chi connectivity index (χ1n) is 17.6. The lowest BCUT2D eigenvalue weighted by atomic mass is 9.33. The third-order valence-electron chi connectivity index (χ3n) is 10.5. The predicted molar refractivity (Wildman–Crippen MR) is 209 cm³/mol. The van der Waals surface area contributed by atoms with Crippen molar-refractivity contribution in [3.05, 3.63) is 139 Å². The van der Waals surface area contributed by atoms with Crippen molar-refractivity contribution in [3.8, 4) is 22.6 Å². The maximum atomic E-state index is 6.06. The highest BCUT2D eigenvalue weighted by atomic mass is 16.7. The number of nitrogens with zero attached hydrogens (tertiary/aromatic N) is 2. The molecule has 0 saturated carbocycles. The Hall–Kier alpha value is -5.42. The van der Waals surface area contributed by atoms with E-state index < -0.39 is 0 Å². The summed E-state index contributed by atoms with van der Waals surface area (Å²) in [7, 11) is 0. The fraction of sp³-hybridized carbons (Fsp3) is 0.200. The number of ether oxygens (including phenoxy) is 2. The molecule has 0 amide bonds. The second-order valence-corrected chi connectivity index (χ2v) is 15.8. The summed E-state index contributed by atoms with van der Waals surface area (Å²) in [5.41, 5.74) is 15.8. The highest BCUT2D eigenvalue weighted by Gasteiger charge is 2.45. The number of anilines is 6. The van der Waals surface area contributed by atoms with E-state index in [0.29, 0.717) is 0 Å². The Balaban J connectivity index is 1.40. The van der Waals surface area contributed by atoms with Gasteiger partial charge in [0.2, 0.25) is 6.79 Å². The quantitative estimate of drug-likeness (QED) is 0.178. The molecular formula is C45H41BN2O2. The van der Waals surface area contributed by atoms with Crippen LogP contribution in [0.25, 0.3) is 11.1 Å². The van der Waals surface area contributed by atoms with Crippen LogP contribution in [0.3, 0.4) is 0 Å². The van der Waals surface area contributed by atoms with Gasteiger partial charge in [0, 0.05) is 40.2 Å². The largest absolute Gasteiger partial charge is 0.454 e. The highest BCUT2D eigenvalue weighted by Crippen LogP contribution is 2.48. The molecule has 0 fully saturated rings. The number of hydrogen-bond donors (Lipinski definition) is 0. The van der Waals surface area contributed by atoms with Gasteiger partial charge < -0.3 is 19.3 Å². The number of para-hydroxylation sites is 1. The molecule has 4 nitrogen and oxygen atoms in total. The maximum absolute atomic E-state index is 6.06. The van der Waals surface area contributed by atoms with Crippen LogP contribution >= 0.6 is 0 Å². The minimum Gasteiger partial charge on any atom is -0.454 e. The van der Waals surface area contributed by atoms with E-state index in [4.69, 9.17) is 9.47 Å². The molecule has 0 saturated heterocycles. The van der Waals surface area contributed by atoms with E-state index in [9.17, 15) is 0 Å². The molecule has 6 aromatic carbocycles. The second-order valence-electron chi connectivity index (χ2n) is 15.8. The third kappa shape index (κ3) is 4.82. The van der Waals surface area contributed by atoms with E-state index in [1.165, 1.54) is 55.7 Å². The van der Waals surface area contributed by atoms with E-state index in [2.05, 4.69) is 179 Å². The molecule has 0 aliphatic carbocycles. The van der Waals surface area contributed by atoms with Crippen LogP contribution in [-0.4, -0.2) is 13.5 Å². The fourth-order valence-electron chi connectivity index (χ4n) is 7.90. The normalized spacial score (nSPS) is 14.3. The number of fused-ring (bicyclic) bond motifs is 5. The highest BCUT2D eigenvalue weighted by molar-refractivity contribution is 7.00. The topological polar surface area (TPSA) is 24.9 Å². The minimum absolute atomic E-state index is 0.0169. The van der Waals surface area contributed by atoms with E-state index in [0.717, 1.165) is 28.6 Å². The summed E-state index contributed by atoms with van der Waals surface area (Å²) in [4.78, 5) is 4.93. The Bertz CT molecular complexity index is 2270. The number of benzene rings is 6. The fourth-order valence-corrected chi connectivity index (χ4v) is 7.90. The summed E-state index contributed by atoms with van der Waals surface area (Å²) in [5, 5.41) is 0. The van der Waals surface area contributed by atoms with Crippen LogP contribution in [0.5, 0.6) is 11.5 Å². The lowest BCUT2D eigenvalue weighted by Crippen LogP contribution is -2.61. The summed E-state index contributed by atoms with van der Waals surface area (Å²) in [5.74, 6) is 1.59. The number of rotatable bonds is 3. The van der Waals surface area contributed by atoms with Crippen LogP contribution in [-0.2, 0) is 10.8 Å². The van der Waals surface area contributed by atoms with Crippen LogP contribution in [0.1, 0.15) is 52.7 Å². The molecule has 0 radical (unpaired) electrons. The molecule has 0 unspecified atom stereocenters. The van der Waals surface area contributed by atoms with Gasteiger partial charge in [-0.3, -0.25) is 0 Å². The van der Waals surface area contributed by atoms with Crippen molar-refractivity contribution in [2.45, 2.75) is 52.4 Å². The Kier molecular flexibility index (Phi) is 6.77. The SMILES string of the molecule is CC(C)(C)c1ccc(N2c3ccc(C(C)(C)C)cc3B3c4cc5c(cc4N(c4ccccc4)c4cc(-c6ccccc6)cc2c43)OCO5)cc1. The molecule has 0 spiro atoms. The van der Waals surface area contributed by atoms with Crippen molar-refractivity contribution in [2.75, 3.05) is 16.6 Å². The van der Waals surface area contributed by atoms with Gasteiger partial charge in [0.05, 0.1) is 0 Å². The molecule has 0 N–H and O–H groups in total. The zero-order valence-electron chi connectivity index (χ0n) is 29.6. The van der Waals surface area contributed by atoms with Crippen LogP contribution in [0.2, 0.25) is 0 Å². The van der Waals surface area contributed by atoms with Crippen LogP contribution in [0.15, 0.2) is 127 Å². The van der Waals surface area contributed by atoms with Crippen molar-refractivity contribution in [1.29, 1.82) is 0 Å². The Morgan fingerprint density at radius 3 is 1.66 bits per heavy atom. The van der Waals surface area contributed by atoms with E-state index in [1.54, 1.807) is 0 Å². The minimum atomic E-state index is -0.0170. The average molecular weight is 653 g/mol. The monoisotopic (exact) mass is 652 g/mol. The van der Waals surface area contributed by atoms with Crippen molar-refractivity contribution < 1.29 is 9.47 Å². The van der Waals surface area contributed by atoms with Gasteiger partial charge in [-0.15, -0.1) is 0 Å². The molecule has 3 aliphatic rings. The lowest BCUT2D eigenvalue weighted by molar-refractivity contribution is 0.174. The standard InChI is InChI=1S/C45H41BN2O2/c1-44(2,3)31-17-20-34(21-18-31)47-37-22-19-32(45(4,5)6)25-35(37)46-36-26-41-42(50-28-49-41)27-38(36)48(33-15-11-8-12-16-33)40-24-30(23-39(47)43(40)46)29-13-9-7-10-14-29/h7-27H,28H2,1-6H3. The molecule has 0 atom stereocenters. The maximum Gasteiger partial charge on any atom is 0.252 e. The molecule has 50 heavy (non-hydrogen) atoms. The molecule has 246 valence electrons. The summed E-state index contributed by atoms with van der Waals surface area (Å²) in [6, 6.07) is 47.0. The number of hydrogen-bond acceptors (Lipinski definition) is 4. The van der Waals surface area contributed by atoms with Crippen molar-refractivity contribution >= 4 is 57.2 Å². The Morgan fingerprint density at radius 1 is 0.480 bits per heavy atom. The van der Waals surface area contributed by atoms with Crippen molar-refractivity contribution in [2.24, 2.45) is 0 Å². The van der Waals surface area contributed by atoms with Crippen molar-refractivity contribution in [1.82, 2.24) is 0 Å². The lowest BCUT2D eigenvalue weighted by Gasteiger charge is -2.45. The van der Waals surface area contributed by atoms with E-state index >= 15 is 0 Å². The zero-order chi connectivity index (χ0) is 34.4. The van der Waals surface area contributed by atoms with Gasteiger partial charge >= 0.3 is 0 Å². The van der Waals surface area contributed by atoms with E-state index in [-0.39, 0.29) is 24.3 Å². The van der Waals surface area contributed by atoms with Gasteiger partial charge in [-0.25, -0.2) is 0 Å². The van der Waals surface area contributed by atoms with Gasteiger partial charge in [-0.05, 0) is 98.0 Å². The second kappa shape index (κ2) is 11.0. The smallest absolute Gasteiger partial charge is 0.252 e. The van der Waals surface area contributed by atoms with E-state index in [1.807, 2.05) is 0 Å². The van der Waals surface area contributed by atoms with Gasteiger partial charge in [-0.1, -0.05) is 114 Å². The molecule has 5 heteroatoms. The Labute approximate surface area is 296 Å².